The van der Waals surface area contributed by atoms with Crippen LogP contribution in [0.4, 0.5) is 0 Å². The van der Waals surface area contributed by atoms with Gasteiger partial charge in [-0.15, -0.1) is 0 Å². The molecule has 1 N–H and O–H groups in total. The fraction of sp³-hybridized carbons (Fsp3) is 0.471. The topological polar surface area (TPSA) is 28.7 Å². The van der Waals surface area contributed by atoms with E-state index in [1.54, 1.807) is 0 Å². The summed E-state index contributed by atoms with van der Waals surface area (Å²) in [5.74, 6) is 0.765. The number of rotatable bonds is 2. The van der Waals surface area contributed by atoms with Crippen LogP contribution in [0.3, 0.4) is 0 Å². The van der Waals surface area contributed by atoms with Crippen LogP contribution in [0.5, 0.6) is 0 Å². The van der Waals surface area contributed by atoms with Gasteiger partial charge in [0.1, 0.15) is 0 Å². The van der Waals surface area contributed by atoms with Crippen LogP contribution in [0, 0.1) is 13.8 Å². The molecular formula is C17H22N2. The first-order valence-electron chi connectivity index (χ1n) is 7.37. The number of aryl methyl sites for hydroxylation is 2. The minimum Gasteiger partial charge on any atom is -0.282 e. The lowest BCUT2D eigenvalue weighted by atomic mass is 9.83. The number of H-pyrrole nitrogens is 1. The molecule has 0 unspecified atom stereocenters. The summed E-state index contributed by atoms with van der Waals surface area (Å²) in [5, 5.41) is 7.39. The van der Waals surface area contributed by atoms with Crippen molar-refractivity contribution in [2.24, 2.45) is 0 Å². The van der Waals surface area contributed by atoms with Crippen molar-refractivity contribution < 1.29 is 0 Å². The molecule has 2 nitrogen and oxygen atoms in total. The average molecular weight is 254 g/mol. The van der Waals surface area contributed by atoms with Gasteiger partial charge in [0.05, 0.1) is 5.69 Å². The van der Waals surface area contributed by atoms with Crippen molar-refractivity contribution in [2.75, 3.05) is 0 Å². The molecule has 100 valence electrons. The molecule has 0 amide bonds. The number of hydrogen-bond donors (Lipinski definition) is 1. The average Bonchev–Trinajstić information content (AvgIpc) is 2.79. The number of benzene rings is 1. The summed E-state index contributed by atoms with van der Waals surface area (Å²) in [6, 6.07) is 9.08. The van der Waals surface area contributed by atoms with Gasteiger partial charge in [-0.1, -0.05) is 43.5 Å². The van der Waals surface area contributed by atoms with E-state index in [1.807, 2.05) is 0 Å². The van der Waals surface area contributed by atoms with Gasteiger partial charge in [0.25, 0.3) is 0 Å². The van der Waals surface area contributed by atoms with Crippen LogP contribution >= 0.6 is 0 Å². The van der Waals surface area contributed by atoms with Gasteiger partial charge < -0.3 is 0 Å². The van der Waals surface area contributed by atoms with Crippen LogP contribution in [-0.2, 0) is 0 Å². The van der Waals surface area contributed by atoms with E-state index in [0.717, 1.165) is 11.6 Å². The summed E-state index contributed by atoms with van der Waals surface area (Å²) in [7, 11) is 0. The fourth-order valence-electron chi connectivity index (χ4n) is 3.36. The van der Waals surface area contributed by atoms with E-state index < -0.39 is 0 Å². The summed E-state index contributed by atoms with van der Waals surface area (Å²) < 4.78 is 0. The molecule has 0 bridgehead atoms. The second-order valence-corrected chi connectivity index (χ2v) is 5.77. The van der Waals surface area contributed by atoms with Gasteiger partial charge in [0.2, 0.25) is 0 Å². The lowest BCUT2D eigenvalue weighted by Crippen LogP contribution is -2.04. The van der Waals surface area contributed by atoms with E-state index in [0.29, 0.717) is 0 Å². The smallest absolute Gasteiger partial charge is 0.0672 e. The molecule has 1 aromatic carbocycles. The van der Waals surface area contributed by atoms with Gasteiger partial charge in [-0.05, 0) is 43.7 Å². The molecule has 0 atom stereocenters. The quantitative estimate of drug-likeness (QED) is 0.823. The van der Waals surface area contributed by atoms with E-state index in [4.69, 9.17) is 0 Å². The monoisotopic (exact) mass is 254 g/mol. The number of nitrogens with zero attached hydrogens (tertiary/aromatic N) is 1. The maximum atomic E-state index is 4.31. The first kappa shape index (κ1) is 12.5. The predicted octanol–water partition coefficient (Wildman–Crippen LogP) is 4.74. The van der Waals surface area contributed by atoms with E-state index in [1.165, 1.54) is 54.5 Å². The third kappa shape index (κ3) is 2.44. The zero-order chi connectivity index (χ0) is 13.2. The van der Waals surface area contributed by atoms with Crippen molar-refractivity contribution in [1.29, 1.82) is 0 Å². The SMILES string of the molecule is Cc1n[nH]c(C)c1-c1cccc(C2CCCCC2)c1. The van der Waals surface area contributed by atoms with Gasteiger partial charge in [-0.3, -0.25) is 5.10 Å². The van der Waals surface area contributed by atoms with E-state index in [2.05, 4.69) is 48.3 Å². The minimum atomic E-state index is 0.765. The Morgan fingerprint density at radius 1 is 1.11 bits per heavy atom. The number of hydrogen-bond acceptors (Lipinski definition) is 1. The number of nitrogens with one attached hydrogen (secondary N) is 1. The van der Waals surface area contributed by atoms with E-state index >= 15 is 0 Å². The Morgan fingerprint density at radius 2 is 1.89 bits per heavy atom. The van der Waals surface area contributed by atoms with Gasteiger partial charge in [-0.25, -0.2) is 0 Å². The van der Waals surface area contributed by atoms with Crippen LogP contribution in [-0.4, -0.2) is 10.2 Å². The first-order chi connectivity index (χ1) is 9.25. The minimum absolute atomic E-state index is 0.765. The molecule has 1 saturated carbocycles. The van der Waals surface area contributed by atoms with E-state index in [9.17, 15) is 0 Å². The Hall–Kier alpha value is -1.57. The summed E-state index contributed by atoms with van der Waals surface area (Å²) in [6.45, 7) is 4.18. The summed E-state index contributed by atoms with van der Waals surface area (Å²) in [5.41, 5.74) is 6.36. The van der Waals surface area contributed by atoms with Crippen LogP contribution in [0.2, 0.25) is 0 Å². The standard InChI is InChI=1S/C17H22N2/c1-12-17(13(2)19-18-12)16-10-6-9-15(11-16)14-7-4-3-5-8-14/h6,9-11,14H,3-5,7-8H2,1-2H3,(H,18,19). The largest absolute Gasteiger partial charge is 0.282 e. The molecule has 0 aliphatic heterocycles. The summed E-state index contributed by atoms with van der Waals surface area (Å²) >= 11 is 0. The van der Waals surface area contributed by atoms with Crippen molar-refractivity contribution in [1.82, 2.24) is 10.2 Å². The normalized spacial score (nSPS) is 16.7. The summed E-state index contributed by atoms with van der Waals surface area (Å²) in [4.78, 5) is 0. The molecular weight excluding hydrogens is 232 g/mol. The molecule has 1 heterocycles. The molecule has 0 radical (unpaired) electrons. The molecule has 1 fully saturated rings. The van der Waals surface area contributed by atoms with Gasteiger partial charge in [-0.2, -0.15) is 5.10 Å². The molecule has 1 aliphatic carbocycles. The first-order valence-corrected chi connectivity index (χ1v) is 7.37. The molecule has 1 aromatic heterocycles. The molecule has 3 rings (SSSR count). The molecule has 0 spiro atoms. The maximum Gasteiger partial charge on any atom is 0.0672 e. The Kier molecular flexibility index (Phi) is 3.41. The Labute approximate surface area is 115 Å². The highest BCUT2D eigenvalue weighted by molar-refractivity contribution is 5.68. The van der Waals surface area contributed by atoms with Crippen molar-refractivity contribution >= 4 is 0 Å². The second-order valence-electron chi connectivity index (χ2n) is 5.77. The molecule has 2 heteroatoms. The number of aromatic nitrogens is 2. The van der Waals surface area contributed by atoms with Crippen LogP contribution < -0.4 is 0 Å². The van der Waals surface area contributed by atoms with Crippen molar-refractivity contribution in [3.8, 4) is 11.1 Å². The van der Waals surface area contributed by atoms with Crippen molar-refractivity contribution in [3.63, 3.8) is 0 Å². The fourth-order valence-corrected chi connectivity index (χ4v) is 3.36. The molecule has 19 heavy (non-hydrogen) atoms. The van der Waals surface area contributed by atoms with Crippen LogP contribution in [0.15, 0.2) is 24.3 Å². The number of aromatic amines is 1. The van der Waals surface area contributed by atoms with Crippen LogP contribution in [0.1, 0.15) is 55.0 Å². The van der Waals surface area contributed by atoms with Crippen molar-refractivity contribution in [3.05, 3.63) is 41.2 Å². The van der Waals surface area contributed by atoms with Gasteiger partial charge >= 0.3 is 0 Å². The highest BCUT2D eigenvalue weighted by Gasteiger charge is 2.17. The third-order valence-corrected chi connectivity index (χ3v) is 4.38. The zero-order valence-electron chi connectivity index (χ0n) is 11.9. The predicted molar refractivity (Wildman–Crippen MR) is 79.3 cm³/mol. The molecule has 1 aliphatic rings. The lowest BCUT2D eigenvalue weighted by molar-refractivity contribution is 0.444. The Morgan fingerprint density at radius 3 is 2.58 bits per heavy atom. The van der Waals surface area contributed by atoms with Crippen LogP contribution in [0.25, 0.3) is 11.1 Å². The lowest BCUT2D eigenvalue weighted by Gasteiger charge is -2.22. The van der Waals surface area contributed by atoms with E-state index in [-0.39, 0.29) is 0 Å². The maximum absolute atomic E-state index is 4.31. The third-order valence-electron chi connectivity index (χ3n) is 4.38. The van der Waals surface area contributed by atoms with Gasteiger partial charge in [0, 0.05) is 11.3 Å². The van der Waals surface area contributed by atoms with Gasteiger partial charge in [0.15, 0.2) is 0 Å². The zero-order valence-corrected chi connectivity index (χ0v) is 11.9. The van der Waals surface area contributed by atoms with Crippen molar-refractivity contribution in [2.45, 2.75) is 51.9 Å². The highest BCUT2D eigenvalue weighted by Crippen LogP contribution is 2.35. The highest BCUT2D eigenvalue weighted by atomic mass is 15.1. The molecule has 2 aromatic rings. The second kappa shape index (κ2) is 5.20. The molecule has 0 saturated heterocycles. The Balaban J connectivity index is 1.95. The summed E-state index contributed by atoms with van der Waals surface area (Å²) in [6.07, 6.45) is 6.90. The Bertz CT molecular complexity index is 543.